The van der Waals surface area contributed by atoms with Gasteiger partial charge in [0.2, 0.25) is 0 Å². The van der Waals surface area contributed by atoms with Gasteiger partial charge in [0, 0.05) is 0 Å². The lowest BCUT2D eigenvalue weighted by Crippen LogP contribution is -1.80. The summed E-state index contributed by atoms with van der Waals surface area (Å²) in [6, 6.07) is 6.40. The maximum absolute atomic E-state index is 12.9. The molecular weight excluding hydrogens is 227 g/mol. The molecule has 0 fully saturated rings. The molecule has 2 aromatic rings. The van der Waals surface area contributed by atoms with Gasteiger partial charge in [0.25, 0.3) is 0 Å². The summed E-state index contributed by atoms with van der Waals surface area (Å²) in [6.45, 7) is 0. The van der Waals surface area contributed by atoms with Crippen LogP contribution in [0, 0.1) is 5.82 Å². The Hall–Kier alpha value is -1.74. The van der Waals surface area contributed by atoms with Crippen molar-refractivity contribution in [3.8, 4) is 0 Å². The average Bonchev–Trinajstić information content (AvgIpc) is 2.32. The minimum Gasteiger partial charge on any atom is -0.205 e. The molecule has 0 aliphatic heterocycles. The van der Waals surface area contributed by atoms with E-state index in [2.05, 4.69) is 10.2 Å². The third kappa shape index (κ3) is 2.64. The predicted molar refractivity (Wildman–Crippen MR) is 62.4 cm³/mol. The lowest BCUT2D eigenvalue weighted by Gasteiger charge is -1.96. The van der Waals surface area contributed by atoms with E-state index in [1.165, 1.54) is 6.07 Å². The highest BCUT2D eigenvalue weighted by Crippen LogP contribution is 2.17. The van der Waals surface area contributed by atoms with Crippen LogP contribution in [-0.4, -0.2) is 10.2 Å². The molecule has 1 aromatic heterocycles. The second-order valence-corrected chi connectivity index (χ2v) is 3.59. The van der Waals surface area contributed by atoms with Gasteiger partial charge in [0.1, 0.15) is 5.82 Å². The monoisotopic (exact) mass is 234 g/mol. The number of hydrogen-bond acceptors (Lipinski definition) is 2. The molecule has 1 heterocycles. The Labute approximate surface area is 97.4 Å². The number of hydrogen-bond donors (Lipinski definition) is 0. The quantitative estimate of drug-likeness (QED) is 0.796. The molecule has 0 aliphatic carbocycles. The minimum absolute atomic E-state index is 0.120. The third-order valence-corrected chi connectivity index (χ3v) is 2.31. The highest BCUT2D eigenvalue weighted by molar-refractivity contribution is 6.30. The van der Waals surface area contributed by atoms with E-state index in [4.69, 9.17) is 11.6 Å². The number of rotatable bonds is 2. The van der Waals surface area contributed by atoms with Gasteiger partial charge in [-0.3, -0.25) is 0 Å². The normalized spacial score (nSPS) is 10.9. The van der Waals surface area contributed by atoms with Gasteiger partial charge in [0.15, 0.2) is 0 Å². The molecule has 2 nitrogen and oxygen atoms in total. The maximum Gasteiger partial charge on any atom is 0.141 e. The molecule has 0 N–H and O–H groups in total. The molecule has 0 saturated heterocycles. The molecule has 4 heteroatoms. The first-order valence-electron chi connectivity index (χ1n) is 4.65. The van der Waals surface area contributed by atoms with Crippen molar-refractivity contribution < 1.29 is 4.39 Å². The zero-order chi connectivity index (χ0) is 11.4. The van der Waals surface area contributed by atoms with Crippen molar-refractivity contribution in [3.05, 3.63) is 58.6 Å². The van der Waals surface area contributed by atoms with Crippen molar-refractivity contribution in [2.75, 3.05) is 0 Å². The first-order valence-corrected chi connectivity index (χ1v) is 5.03. The Kier molecular flexibility index (Phi) is 3.27. The summed E-state index contributed by atoms with van der Waals surface area (Å²) in [5.41, 5.74) is 1.76. The minimum atomic E-state index is -0.413. The van der Waals surface area contributed by atoms with E-state index in [9.17, 15) is 4.39 Å². The van der Waals surface area contributed by atoms with E-state index in [1.54, 1.807) is 24.5 Å². The van der Waals surface area contributed by atoms with Crippen molar-refractivity contribution in [2.24, 2.45) is 0 Å². The fourth-order valence-electron chi connectivity index (χ4n) is 1.21. The molecule has 0 saturated carbocycles. The van der Waals surface area contributed by atoms with Crippen LogP contribution in [0.3, 0.4) is 0 Å². The summed E-state index contributed by atoms with van der Waals surface area (Å²) in [5, 5.41) is 7.53. The zero-order valence-corrected chi connectivity index (χ0v) is 9.03. The molecule has 0 spiro atoms. The Bertz CT molecular complexity index is 512. The molecule has 0 amide bonds. The molecule has 2 rings (SSSR count). The fourth-order valence-corrected chi connectivity index (χ4v) is 1.40. The summed E-state index contributed by atoms with van der Waals surface area (Å²) in [4.78, 5) is 0. The van der Waals surface area contributed by atoms with Gasteiger partial charge in [-0.25, -0.2) is 4.39 Å². The SMILES string of the molecule is Fc1ccc(/C=C/c2ccnnc2)cc1Cl. The van der Waals surface area contributed by atoms with Crippen molar-refractivity contribution in [2.45, 2.75) is 0 Å². The second kappa shape index (κ2) is 4.86. The molecule has 1 aromatic carbocycles. The van der Waals surface area contributed by atoms with Crippen LogP contribution in [-0.2, 0) is 0 Å². The first kappa shape index (κ1) is 10.8. The number of halogens is 2. The standard InChI is InChI=1S/C12H8ClFN2/c13-11-7-9(3-4-12(11)14)1-2-10-5-6-15-16-8-10/h1-8H/b2-1+. The molecule has 80 valence electrons. The molecule has 16 heavy (non-hydrogen) atoms. The Morgan fingerprint density at radius 2 is 1.88 bits per heavy atom. The highest BCUT2D eigenvalue weighted by Gasteiger charge is 1.97. The summed E-state index contributed by atoms with van der Waals surface area (Å²) in [5.74, 6) is -0.413. The van der Waals surface area contributed by atoms with Crippen molar-refractivity contribution in [1.29, 1.82) is 0 Å². The largest absolute Gasteiger partial charge is 0.205 e. The molecule has 0 radical (unpaired) electrons. The smallest absolute Gasteiger partial charge is 0.141 e. The van der Waals surface area contributed by atoms with Crippen LogP contribution in [0.1, 0.15) is 11.1 Å². The Balaban J connectivity index is 2.21. The lowest BCUT2D eigenvalue weighted by molar-refractivity contribution is 0.628. The van der Waals surface area contributed by atoms with E-state index in [0.717, 1.165) is 11.1 Å². The van der Waals surface area contributed by atoms with Crippen LogP contribution in [0.15, 0.2) is 36.7 Å². The molecule has 0 aliphatic rings. The number of nitrogens with zero attached hydrogens (tertiary/aromatic N) is 2. The van der Waals surface area contributed by atoms with Gasteiger partial charge in [-0.15, -0.1) is 0 Å². The van der Waals surface area contributed by atoms with Gasteiger partial charge in [-0.05, 0) is 29.3 Å². The Morgan fingerprint density at radius 3 is 2.56 bits per heavy atom. The lowest BCUT2D eigenvalue weighted by atomic mass is 10.2. The zero-order valence-electron chi connectivity index (χ0n) is 8.27. The summed E-state index contributed by atoms with van der Waals surface area (Å²) in [7, 11) is 0. The van der Waals surface area contributed by atoms with Gasteiger partial charge in [0.05, 0.1) is 17.4 Å². The summed E-state index contributed by atoms with van der Waals surface area (Å²) >= 11 is 5.66. The van der Waals surface area contributed by atoms with Crippen LogP contribution in [0.5, 0.6) is 0 Å². The molecule has 0 atom stereocenters. The molecular formula is C12H8ClFN2. The van der Waals surface area contributed by atoms with E-state index in [1.807, 2.05) is 18.2 Å². The molecule has 0 bridgehead atoms. The van der Waals surface area contributed by atoms with Gasteiger partial charge < -0.3 is 0 Å². The summed E-state index contributed by atoms with van der Waals surface area (Å²) in [6.07, 6.45) is 6.94. The second-order valence-electron chi connectivity index (χ2n) is 3.18. The van der Waals surface area contributed by atoms with Crippen LogP contribution < -0.4 is 0 Å². The Morgan fingerprint density at radius 1 is 1.06 bits per heavy atom. The average molecular weight is 235 g/mol. The van der Waals surface area contributed by atoms with E-state index < -0.39 is 5.82 Å². The number of aromatic nitrogens is 2. The van der Waals surface area contributed by atoms with Gasteiger partial charge >= 0.3 is 0 Å². The summed E-state index contributed by atoms with van der Waals surface area (Å²) < 4.78 is 12.9. The van der Waals surface area contributed by atoms with E-state index in [-0.39, 0.29) is 5.02 Å². The number of benzene rings is 1. The molecule has 0 unspecified atom stereocenters. The predicted octanol–water partition coefficient (Wildman–Crippen LogP) is 3.44. The first-order chi connectivity index (χ1) is 7.75. The van der Waals surface area contributed by atoms with Crippen molar-refractivity contribution in [1.82, 2.24) is 10.2 Å². The van der Waals surface area contributed by atoms with Gasteiger partial charge in [-0.2, -0.15) is 10.2 Å². The van der Waals surface area contributed by atoms with Crippen molar-refractivity contribution >= 4 is 23.8 Å². The van der Waals surface area contributed by atoms with Crippen LogP contribution in [0.2, 0.25) is 5.02 Å². The van der Waals surface area contributed by atoms with Crippen molar-refractivity contribution in [3.63, 3.8) is 0 Å². The third-order valence-electron chi connectivity index (χ3n) is 2.02. The van der Waals surface area contributed by atoms with E-state index in [0.29, 0.717) is 0 Å². The van der Waals surface area contributed by atoms with Crippen LogP contribution in [0.4, 0.5) is 4.39 Å². The fraction of sp³-hybridized carbons (Fsp3) is 0. The highest BCUT2D eigenvalue weighted by atomic mass is 35.5. The van der Waals surface area contributed by atoms with Crippen LogP contribution >= 0.6 is 11.6 Å². The van der Waals surface area contributed by atoms with E-state index >= 15 is 0 Å². The van der Waals surface area contributed by atoms with Gasteiger partial charge in [-0.1, -0.05) is 29.8 Å². The maximum atomic E-state index is 12.9. The van der Waals surface area contributed by atoms with Crippen LogP contribution in [0.25, 0.3) is 12.2 Å². The topological polar surface area (TPSA) is 25.8 Å².